The van der Waals surface area contributed by atoms with Gasteiger partial charge in [0.15, 0.2) is 5.76 Å². The van der Waals surface area contributed by atoms with Crippen LogP contribution < -0.4 is 4.72 Å². The zero-order chi connectivity index (χ0) is 19.8. The van der Waals surface area contributed by atoms with Crippen molar-refractivity contribution in [2.45, 2.75) is 18.7 Å². The number of hydrogen-bond acceptors (Lipinski definition) is 5. The van der Waals surface area contributed by atoms with Crippen LogP contribution in [0.5, 0.6) is 0 Å². The lowest BCUT2D eigenvalue weighted by Crippen LogP contribution is -2.21. The van der Waals surface area contributed by atoms with E-state index in [-0.39, 0.29) is 22.3 Å². The van der Waals surface area contributed by atoms with E-state index in [1.54, 1.807) is 39.2 Å². The van der Waals surface area contributed by atoms with Gasteiger partial charge in [0.25, 0.3) is 15.9 Å². The van der Waals surface area contributed by atoms with Crippen molar-refractivity contribution in [2.24, 2.45) is 0 Å². The first-order valence-electron chi connectivity index (χ1n) is 8.14. The number of furan rings is 1. The van der Waals surface area contributed by atoms with Gasteiger partial charge in [0.2, 0.25) is 0 Å². The molecule has 0 spiro atoms. The van der Waals surface area contributed by atoms with Crippen molar-refractivity contribution >= 4 is 21.6 Å². The van der Waals surface area contributed by atoms with Crippen LogP contribution in [0.4, 0.5) is 5.69 Å². The van der Waals surface area contributed by atoms with Crippen molar-refractivity contribution in [3.63, 3.8) is 0 Å². The first-order valence-corrected chi connectivity index (χ1v) is 9.62. The number of aromatic amines is 1. The van der Waals surface area contributed by atoms with Gasteiger partial charge in [-0.05, 0) is 31.5 Å². The Morgan fingerprint density at radius 2 is 1.96 bits per heavy atom. The Kier molecular flexibility index (Phi) is 4.79. The highest BCUT2D eigenvalue weighted by Crippen LogP contribution is 2.30. The number of benzene rings is 1. The van der Waals surface area contributed by atoms with Gasteiger partial charge >= 0.3 is 0 Å². The SMILES string of the molecule is Cc1cccc(NS(=O)(=O)c2cc(-c3[nH]ncc3C(=O)N(C)C)oc2C)c1. The molecule has 0 unspecified atom stereocenters. The van der Waals surface area contributed by atoms with Crippen LogP contribution in [0.1, 0.15) is 21.7 Å². The van der Waals surface area contributed by atoms with Crippen molar-refractivity contribution in [3.8, 4) is 11.5 Å². The van der Waals surface area contributed by atoms with Crippen molar-refractivity contribution in [2.75, 3.05) is 18.8 Å². The van der Waals surface area contributed by atoms with Crippen LogP contribution in [0.3, 0.4) is 0 Å². The lowest BCUT2D eigenvalue weighted by atomic mass is 10.2. The number of hydrogen-bond donors (Lipinski definition) is 2. The minimum atomic E-state index is -3.85. The number of amides is 1. The normalized spacial score (nSPS) is 11.4. The number of H-pyrrole nitrogens is 1. The highest BCUT2D eigenvalue weighted by molar-refractivity contribution is 7.92. The van der Waals surface area contributed by atoms with E-state index in [0.717, 1.165) is 5.56 Å². The molecule has 9 heteroatoms. The quantitative estimate of drug-likeness (QED) is 0.699. The Bertz CT molecular complexity index is 1100. The predicted octanol–water partition coefficient (Wildman–Crippen LogP) is 2.79. The Morgan fingerprint density at radius 1 is 1.22 bits per heavy atom. The molecule has 2 aromatic heterocycles. The fourth-order valence-corrected chi connectivity index (χ4v) is 3.88. The summed E-state index contributed by atoms with van der Waals surface area (Å²) in [5, 5.41) is 6.58. The number of aryl methyl sites for hydroxylation is 2. The highest BCUT2D eigenvalue weighted by atomic mass is 32.2. The molecule has 0 aliphatic carbocycles. The molecule has 2 heterocycles. The molecule has 0 radical (unpaired) electrons. The van der Waals surface area contributed by atoms with Crippen LogP contribution in [0.25, 0.3) is 11.5 Å². The summed E-state index contributed by atoms with van der Waals surface area (Å²) in [6, 6.07) is 8.43. The van der Waals surface area contributed by atoms with Gasteiger partial charge in [0.05, 0.1) is 11.8 Å². The molecule has 0 fully saturated rings. The van der Waals surface area contributed by atoms with Gasteiger partial charge in [-0.2, -0.15) is 5.10 Å². The summed E-state index contributed by atoms with van der Waals surface area (Å²) in [4.78, 5) is 13.7. The van der Waals surface area contributed by atoms with Gasteiger partial charge < -0.3 is 9.32 Å². The third kappa shape index (κ3) is 3.72. The molecule has 3 aromatic rings. The highest BCUT2D eigenvalue weighted by Gasteiger charge is 2.25. The molecule has 0 bridgehead atoms. The molecule has 0 atom stereocenters. The third-order valence-corrected chi connectivity index (χ3v) is 5.44. The fraction of sp³-hybridized carbons (Fsp3) is 0.222. The first-order chi connectivity index (χ1) is 12.7. The Labute approximate surface area is 157 Å². The standard InChI is InChI=1S/C18H20N4O4S/c1-11-6-5-7-13(8-11)21-27(24,25)16-9-15(26-12(16)2)17-14(10-19-20-17)18(23)22(3)4/h5-10,21H,1-4H3,(H,19,20). The average Bonchev–Trinajstić information content (AvgIpc) is 3.20. The zero-order valence-corrected chi connectivity index (χ0v) is 16.2. The fourth-order valence-electron chi connectivity index (χ4n) is 2.65. The van der Waals surface area contributed by atoms with Gasteiger partial charge in [-0.25, -0.2) is 8.42 Å². The lowest BCUT2D eigenvalue weighted by Gasteiger charge is -2.09. The average molecular weight is 388 g/mol. The maximum absolute atomic E-state index is 12.8. The molecular weight excluding hydrogens is 368 g/mol. The van der Waals surface area contributed by atoms with Crippen molar-refractivity contribution in [1.82, 2.24) is 15.1 Å². The summed E-state index contributed by atoms with van der Waals surface area (Å²) in [7, 11) is -0.615. The number of anilines is 1. The monoisotopic (exact) mass is 388 g/mol. The van der Waals surface area contributed by atoms with Crippen LogP contribution in [0.2, 0.25) is 0 Å². The molecule has 1 amide bonds. The Morgan fingerprint density at radius 3 is 2.63 bits per heavy atom. The second kappa shape index (κ2) is 6.92. The van der Waals surface area contributed by atoms with E-state index in [1.165, 1.54) is 17.2 Å². The lowest BCUT2D eigenvalue weighted by molar-refractivity contribution is 0.0828. The van der Waals surface area contributed by atoms with E-state index >= 15 is 0 Å². The van der Waals surface area contributed by atoms with Crippen molar-refractivity contribution < 1.29 is 17.6 Å². The summed E-state index contributed by atoms with van der Waals surface area (Å²) in [5.41, 5.74) is 2.02. The topological polar surface area (TPSA) is 108 Å². The molecule has 142 valence electrons. The molecule has 2 N–H and O–H groups in total. The molecular formula is C18H20N4O4S. The molecule has 8 nitrogen and oxygen atoms in total. The van der Waals surface area contributed by atoms with Crippen LogP contribution in [-0.2, 0) is 10.0 Å². The molecule has 0 saturated heterocycles. The maximum atomic E-state index is 12.8. The van der Waals surface area contributed by atoms with E-state index in [0.29, 0.717) is 16.9 Å². The first kappa shape index (κ1) is 18.7. The van der Waals surface area contributed by atoms with Crippen LogP contribution in [0.15, 0.2) is 45.8 Å². The van der Waals surface area contributed by atoms with Crippen LogP contribution >= 0.6 is 0 Å². The van der Waals surface area contributed by atoms with Crippen molar-refractivity contribution in [3.05, 3.63) is 53.4 Å². The summed E-state index contributed by atoms with van der Waals surface area (Å²) in [6.07, 6.45) is 1.38. The summed E-state index contributed by atoms with van der Waals surface area (Å²) in [6.45, 7) is 3.43. The van der Waals surface area contributed by atoms with E-state index in [9.17, 15) is 13.2 Å². The molecule has 1 aromatic carbocycles. The Balaban J connectivity index is 1.98. The van der Waals surface area contributed by atoms with Crippen LogP contribution in [-0.4, -0.2) is 43.5 Å². The number of carbonyl (C=O) groups excluding carboxylic acids is 1. The molecule has 0 saturated carbocycles. The second-order valence-corrected chi connectivity index (χ2v) is 8.02. The minimum absolute atomic E-state index is 0.00291. The Hall–Kier alpha value is -3.07. The molecule has 0 aliphatic rings. The molecule has 3 rings (SSSR count). The molecule has 27 heavy (non-hydrogen) atoms. The second-order valence-electron chi connectivity index (χ2n) is 6.36. The van der Waals surface area contributed by atoms with Gasteiger partial charge in [-0.15, -0.1) is 0 Å². The van der Waals surface area contributed by atoms with E-state index in [1.807, 2.05) is 13.0 Å². The maximum Gasteiger partial charge on any atom is 0.265 e. The van der Waals surface area contributed by atoms with Gasteiger partial charge in [-0.3, -0.25) is 14.6 Å². The third-order valence-electron chi connectivity index (χ3n) is 3.95. The minimum Gasteiger partial charge on any atom is -0.458 e. The summed E-state index contributed by atoms with van der Waals surface area (Å²) in [5.74, 6) is 0.165. The van der Waals surface area contributed by atoms with Crippen molar-refractivity contribution in [1.29, 1.82) is 0 Å². The van der Waals surface area contributed by atoms with Crippen LogP contribution in [0, 0.1) is 13.8 Å². The largest absolute Gasteiger partial charge is 0.458 e. The molecule has 0 aliphatic heterocycles. The van der Waals surface area contributed by atoms with Gasteiger partial charge in [0, 0.05) is 25.8 Å². The number of carbonyl (C=O) groups is 1. The smallest absolute Gasteiger partial charge is 0.265 e. The summed E-state index contributed by atoms with van der Waals surface area (Å²) >= 11 is 0. The predicted molar refractivity (Wildman–Crippen MR) is 101 cm³/mol. The number of nitrogens with one attached hydrogen (secondary N) is 2. The number of rotatable bonds is 5. The van der Waals surface area contributed by atoms with E-state index < -0.39 is 10.0 Å². The zero-order valence-electron chi connectivity index (χ0n) is 15.4. The summed E-state index contributed by atoms with van der Waals surface area (Å²) < 4.78 is 33.7. The number of aromatic nitrogens is 2. The van der Waals surface area contributed by atoms with E-state index in [4.69, 9.17) is 4.42 Å². The number of nitrogens with zero attached hydrogens (tertiary/aromatic N) is 2. The van der Waals surface area contributed by atoms with Gasteiger partial charge in [0.1, 0.15) is 16.3 Å². The number of sulfonamides is 1. The van der Waals surface area contributed by atoms with E-state index in [2.05, 4.69) is 14.9 Å². The van der Waals surface area contributed by atoms with Gasteiger partial charge in [-0.1, -0.05) is 12.1 Å².